The number of nitrogens with one attached hydrogen (secondary N) is 2. The second-order valence-corrected chi connectivity index (χ2v) is 9.81. The molecule has 2 N–H and O–H groups in total. The van der Waals surface area contributed by atoms with Crippen molar-refractivity contribution in [3.05, 3.63) is 54.9 Å². The standard InChI is InChI=1S/C22H28N6O2S/c1-5-6-10-19(23-14-16-11-12-16)20-26-21(24-15(2)3)28-22(27-20)25-17-8-7-9-18(13-17)31(4,29)30/h5-10,13,15-16H,1,11-12,14H2,2-4H3,(H2,24,25,26,27,28)/b10-6-,23-19+. The predicted molar refractivity (Wildman–Crippen MR) is 125 cm³/mol. The molecule has 0 radical (unpaired) electrons. The van der Waals surface area contributed by atoms with Crippen LogP contribution in [-0.4, -0.2) is 47.9 Å². The van der Waals surface area contributed by atoms with Gasteiger partial charge in [0.2, 0.25) is 11.9 Å². The molecule has 1 aliphatic carbocycles. The number of benzene rings is 1. The highest BCUT2D eigenvalue weighted by Crippen LogP contribution is 2.29. The van der Waals surface area contributed by atoms with Crippen LogP contribution in [0.15, 0.2) is 59.0 Å². The number of rotatable bonds is 10. The summed E-state index contributed by atoms with van der Waals surface area (Å²) < 4.78 is 23.8. The number of sulfone groups is 1. The van der Waals surface area contributed by atoms with Crippen molar-refractivity contribution in [1.29, 1.82) is 0 Å². The summed E-state index contributed by atoms with van der Waals surface area (Å²) in [6, 6.07) is 6.64. The summed E-state index contributed by atoms with van der Waals surface area (Å²) in [4.78, 5) is 18.4. The van der Waals surface area contributed by atoms with Gasteiger partial charge in [-0.05, 0) is 56.9 Å². The first kappa shape index (κ1) is 22.6. The second kappa shape index (κ2) is 9.82. The van der Waals surface area contributed by atoms with E-state index in [2.05, 4.69) is 32.2 Å². The number of hydrogen-bond acceptors (Lipinski definition) is 8. The fourth-order valence-electron chi connectivity index (χ4n) is 2.69. The lowest BCUT2D eigenvalue weighted by atomic mass is 10.3. The zero-order valence-corrected chi connectivity index (χ0v) is 18.9. The third-order valence-electron chi connectivity index (χ3n) is 4.41. The van der Waals surface area contributed by atoms with Crippen LogP contribution >= 0.6 is 0 Å². The van der Waals surface area contributed by atoms with Crippen molar-refractivity contribution in [1.82, 2.24) is 15.0 Å². The average Bonchev–Trinajstić information content (AvgIpc) is 3.51. The van der Waals surface area contributed by atoms with Crippen molar-refractivity contribution >= 4 is 33.1 Å². The minimum Gasteiger partial charge on any atom is -0.352 e. The molecular weight excluding hydrogens is 412 g/mol. The summed E-state index contributed by atoms with van der Waals surface area (Å²) in [5, 5.41) is 6.29. The number of aromatic nitrogens is 3. The van der Waals surface area contributed by atoms with E-state index in [9.17, 15) is 8.42 Å². The first-order valence-electron chi connectivity index (χ1n) is 10.2. The Balaban J connectivity index is 1.98. The molecule has 0 atom stereocenters. The maximum absolute atomic E-state index is 11.9. The summed E-state index contributed by atoms with van der Waals surface area (Å²) in [5.41, 5.74) is 1.21. The molecule has 0 aliphatic heterocycles. The van der Waals surface area contributed by atoms with E-state index in [4.69, 9.17) is 4.99 Å². The summed E-state index contributed by atoms with van der Waals surface area (Å²) in [6.07, 6.45) is 8.88. The van der Waals surface area contributed by atoms with E-state index in [1.165, 1.54) is 19.1 Å². The third-order valence-corrected chi connectivity index (χ3v) is 5.52. The summed E-state index contributed by atoms with van der Waals surface area (Å²) in [6.45, 7) is 8.44. The molecule has 164 valence electrons. The molecule has 2 aromatic rings. The molecule has 8 nitrogen and oxygen atoms in total. The number of anilines is 3. The molecule has 1 saturated carbocycles. The molecule has 31 heavy (non-hydrogen) atoms. The molecule has 1 heterocycles. The predicted octanol–water partition coefficient (Wildman–Crippen LogP) is 3.78. The van der Waals surface area contributed by atoms with Gasteiger partial charge >= 0.3 is 0 Å². The Morgan fingerprint density at radius 3 is 2.65 bits per heavy atom. The number of hydrogen-bond donors (Lipinski definition) is 2. The molecule has 1 aliphatic rings. The van der Waals surface area contributed by atoms with E-state index in [-0.39, 0.29) is 10.9 Å². The normalized spacial score (nSPS) is 14.8. The number of allylic oxidation sites excluding steroid dienone is 3. The van der Waals surface area contributed by atoms with Gasteiger partial charge in [-0.15, -0.1) is 0 Å². The van der Waals surface area contributed by atoms with E-state index in [0.29, 0.717) is 35.0 Å². The maximum Gasteiger partial charge on any atom is 0.232 e. The van der Waals surface area contributed by atoms with Gasteiger partial charge in [0.05, 0.1) is 4.90 Å². The van der Waals surface area contributed by atoms with E-state index in [1.807, 2.05) is 19.9 Å². The van der Waals surface area contributed by atoms with Gasteiger partial charge in [-0.25, -0.2) is 8.42 Å². The van der Waals surface area contributed by atoms with Gasteiger partial charge in [-0.3, -0.25) is 4.99 Å². The first-order chi connectivity index (χ1) is 14.7. The zero-order chi connectivity index (χ0) is 22.4. The van der Waals surface area contributed by atoms with Gasteiger partial charge in [0.25, 0.3) is 0 Å². The van der Waals surface area contributed by atoms with Gasteiger partial charge < -0.3 is 10.6 Å². The Kier molecular flexibility index (Phi) is 7.17. The fourth-order valence-corrected chi connectivity index (χ4v) is 3.35. The minimum atomic E-state index is -3.33. The van der Waals surface area contributed by atoms with Gasteiger partial charge in [0.1, 0.15) is 5.71 Å². The molecule has 1 aromatic carbocycles. The maximum atomic E-state index is 11.9. The lowest BCUT2D eigenvalue weighted by Gasteiger charge is -2.12. The van der Waals surface area contributed by atoms with Crippen molar-refractivity contribution in [2.75, 3.05) is 23.4 Å². The molecule has 0 spiro atoms. The lowest BCUT2D eigenvalue weighted by Crippen LogP contribution is -2.17. The Labute approximate surface area is 183 Å². The van der Waals surface area contributed by atoms with Gasteiger partial charge in [-0.2, -0.15) is 15.0 Å². The minimum absolute atomic E-state index is 0.118. The SMILES string of the molecule is C=C/C=C\C(=N/CC1CC1)c1nc(Nc2cccc(S(C)(=O)=O)c2)nc(NC(C)C)n1. The largest absolute Gasteiger partial charge is 0.352 e. The van der Waals surface area contributed by atoms with E-state index < -0.39 is 9.84 Å². The molecule has 0 amide bonds. The Hall–Kier alpha value is -3.07. The van der Waals surface area contributed by atoms with E-state index >= 15 is 0 Å². The van der Waals surface area contributed by atoms with E-state index in [0.717, 1.165) is 6.54 Å². The smallest absolute Gasteiger partial charge is 0.232 e. The summed E-state index contributed by atoms with van der Waals surface area (Å²) >= 11 is 0. The zero-order valence-electron chi connectivity index (χ0n) is 18.0. The molecule has 0 bridgehead atoms. The third kappa shape index (κ3) is 6.99. The van der Waals surface area contributed by atoms with Crippen LogP contribution in [0, 0.1) is 5.92 Å². The fraction of sp³-hybridized carbons (Fsp3) is 0.364. The Bertz CT molecular complexity index is 1100. The molecule has 0 unspecified atom stereocenters. The van der Waals surface area contributed by atoms with Crippen LogP contribution in [0.25, 0.3) is 0 Å². The van der Waals surface area contributed by atoms with Crippen LogP contribution in [0.1, 0.15) is 32.5 Å². The van der Waals surface area contributed by atoms with Crippen LogP contribution in [0.4, 0.5) is 17.6 Å². The van der Waals surface area contributed by atoms with E-state index in [1.54, 1.807) is 36.4 Å². The molecular formula is C22H28N6O2S. The van der Waals surface area contributed by atoms with Crippen molar-refractivity contribution < 1.29 is 8.42 Å². The second-order valence-electron chi connectivity index (χ2n) is 7.79. The van der Waals surface area contributed by atoms with Crippen LogP contribution < -0.4 is 10.6 Å². The summed E-state index contributed by atoms with van der Waals surface area (Å²) in [7, 11) is -3.33. The number of aliphatic imine (C=N–C) groups is 1. The highest BCUT2D eigenvalue weighted by atomic mass is 32.2. The first-order valence-corrected chi connectivity index (χ1v) is 12.1. The Morgan fingerprint density at radius 2 is 2.00 bits per heavy atom. The highest BCUT2D eigenvalue weighted by Gasteiger charge is 2.21. The van der Waals surface area contributed by atoms with Crippen LogP contribution in [0.3, 0.4) is 0 Å². The van der Waals surface area contributed by atoms with Gasteiger partial charge in [-0.1, -0.05) is 24.8 Å². The summed E-state index contributed by atoms with van der Waals surface area (Å²) in [5.74, 6) is 1.76. The van der Waals surface area contributed by atoms with Crippen LogP contribution in [0.5, 0.6) is 0 Å². The van der Waals surface area contributed by atoms with Gasteiger partial charge in [0, 0.05) is 24.5 Å². The monoisotopic (exact) mass is 440 g/mol. The number of nitrogens with zero attached hydrogens (tertiary/aromatic N) is 4. The topological polar surface area (TPSA) is 109 Å². The Morgan fingerprint density at radius 1 is 1.26 bits per heavy atom. The van der Waals surface area contributed by atoms with Crippen molar-refractivity contribution in [2.45, 2.75) is 37.6 Å². The quantitative estimate of drug-likeness (QED) is 0.427. The molecule has 9 heteroatoms. The van der Waals surface area contributed by atoms with Crippen LogP contribution in [0.2, 0.25) is 0 Å². The molecule has 1 aromatic heterocycles. The van der Waals surface area contributed by atoms with Crippen molar-refractivity contribution in [3.63, 3.8) is 0 Å². The van der Waals surface area contributed by atoms with Crippen molar-refractivity contribution in [3.8, 4) is 0 Å². The van der Waals surface area contributed by atoms with Crippen molar-refractivity contribution in [2.24, 2.45) is 10.9 Å². The van der Waals surface area contributed by atoms with Gasteiger partial charge in [0.15, 0.2) is 15.7 Å². The highest BCUT2D eigenvalue weighted by molar-refractivity contribution is 7.90. The van der Waals surface area contributed by atoms with Crippen LogP contribution in [-0.2, 0) is 9.84 Å². The lowest BCUT2D eigenvalue weighted by molar-refractivity contribution is 0.602. The molecule has 3 rings (SSSR count). The molecule has 1 fully saturated rings. The average molecular weight is 441 g/mol. The molecule has 0 saturated heterocycles.